The molecule has 32 heavy (non-hydrogen) atoms. The standard InChI is InChI=1S/C24H40O5.CH4O.Na/c1-13(4-7-21(28)29)16-5-6-17-22-18(12-20(27)24(16,17)3)23(2)9-8-15(25)10-14(23)11-19(22)26;1-2;/h13-20,22,25-27H,4-12H2,1-3H3,(H,28,29);2H,1H3;/q;;+1/p-1/t13-,14+,15-,16-,17+,18+,19-,20+,22+,23+,24-;;/m1../s1. The molecule has 4 saturated carbocycles. The topological polar surface area (TPSA) is 121 Å². The Morgan fingerprint density at radius 2 is 1.69 bits per heavy atom. The van der Waals surface area contributed by atoms with Crippen LogP contribution in [0.1, 0.15) is 78.6 Å². The normalized spacial score (nSPS) is 48.1. The summed E-state index contributed by atoms with van der Waals surface area (Å²) in [5, 5.41) is 50.9. The first-order chi connectivity index (χ1) is 14.6. The SMILES string of the molecule is CO.C[C@H](CCC(=O)[O-])[C@H]1CC[C@H]2[C@@H]3[C@H](O)C[C@@H]4C[C@H](O)CC[C@]4(C)[C@H]3C[C@H](O)[C@]12C.[Na+]. The zero-order chi connectivity index (χ0) is 23.1. The van der Waals surface area contributed by atoms with E-state index in [1.807, 2.05) is 0 Å². The van der Waals surface area contributed by atoms with E-state index in [0.717, 1.165) is 52.1 Å². The van der Waals surface area contributed by atoms with Crippen LogP contribution in [0.5, 0.6) is 0 Å². The number of hydrogen-bond acceptors (Lipinski definition) is 6. The van der Waals surface area contributed by atoms with E-state index in [1.165, 1.54) is 0 Å². The third kappa shape index (κ3) is 4.72. The molecule has 11 atom stereocenters. The van der Waals surface area contributed by atoms with Crippen LogP contribution in [0, 0.1) is 46.3 Å². The zero-order valence-corrected chi connectivity index (χ0v) is 22.7. The molecule has 0 aromatic carbocycles. The van der Waals surface area contributed by atoms with Gasteiger partial charge in [0.1, 0.15) is 0 Å². The number of carbonyl (C=O) groups is 1. The summed E-state index contributed by atoms with van der Waals surface area (Å²) >= 11 is 0. The summed E-state index contributed by atoms with van der Waals surface area (Å²) in [6.45, 7) is 6.67. The van der Waals surface area contributed by atoms with Crippen molar-refractivity contribution in [1.82, 2.24) is 0 Å². The molecule has 0 heterocycles. The van der Waals surface area contributed by atoms with Crippen LogP contribution in [0.4, 0.5) is 0 Å². The number of aliphatic carboxylic acids is 1. The molecule has 0 bridgehead atoms. The molecule has 0 aromatic heterocycles. The van der Waals surface area contributed by atoms with E-state index < -0.39 is 12.1 Å². The van der Waals surface area contributed by atoms with Crippen molar-refractivity contribution in [2.24, 2.45) is 46.3 Å². The third-order valence-corrected chi connectivity index (χ3v) is 10.3. The van der Waals surface area contributed by atoms with Gasteiger partial charge in [-0.15, -0.1) is 0 Å². The molecular weight excluding hydrogens is 419 g/mol. The Labute approximate surface area is 215 Å². The number of rotatable bonds is 4. The van der Waals surface area contributed by atoms with E-state index >= 15 is 0 Å². The van der Waals surface area contributed by atoms with E-state index in [-0.39, 0.29) is 82.7 Å². The van der Waals surface area contributed by atoms with Gasteiger partial charge in [-0.2, -0.15) is 0 Å². The summed E-state index contributed by atoms with van der Waals surface area (Å²) in [4.78, 5) is 11.0. The molecule has 180 valence electrons. The summed E-state index contributed by atoms with van der Waals surface area (Å²) in [5.41, 5.74) is -0.172. The van der Waals surface area contributed by atoms with Crippen LogP contribution in [0.2, 0.25) is 0 Å². The van der Waals surface area contributed by atoms with Crippen LogP contribution >= 0.6 is 0 Å². The predicted molar refractivity (Wildman–Crippen MR) is 116 cm³/mol. The minimum Gasteiger partial charge on any atom is -0.550 e. The molecular formula is C25H43NaO6. The van der Waals surface area contributed by atoms with Crippen molar-refractivity contribution in [3.8, 4) is 0 Å². The molecule has 0 unspecified atom stereocenters. The molecule has 4 fully saturated rings. The summed E-state index contributed by atoms with van der Waals surface area (Å²) in [5.74, 6) is 0.635. The summed E-state index contributed by atoms with van der Waals surface area (Å²) < 4.78 is 0. The predicted octanol–water partition coefficient (Wildman–Crippen LogP) is -1.27. The van der Waals surface area contributed by atoms with E-state index in [2.05, 4.69) is 20.8 Å². The first-order valence-corrected chi connectivity index (χ1v) is 12.3. The smallest absolute Gasteiger partial charge is 0.550 e. The van der Waals surface area contributed by atoms with Crippen molar-refractivity contribution < 1.29 is 59.9 Å². The largest absolute Gasteiger partial charge is 1.00 e. The van der Waals surface area contributed by atoms with E-state index in [1.54, 1.807) is 0 Å². The molecule has 0 saturated heterocycles. The van der Waals surface area contributed by atoms with Gasteiger partial charge in [-0.05, 0) is 104 Å². The molecule has 4 aliphatic rings. The van der Waals surface area contributed by atoms with E-state index in [4.69, 9.17) is 5.11 Å². The molecule has 4 aliphatic carbocycles. The molecule has 0 amide bonds. The van der Waals surface area contributed by atoms with Gasteiger partial charge in [0.25, 0.3) is 0 Å². The minimum absolute atomic E-state index is 0. The second-order valence-corrected chi connectivity index (χ2v) is 11.4. The molecule has 0 radical (unpaired) electrons. The molecule has 0 aliphatic heterocycles. The van der Waals surface area contributed by atoms with Gasteiger partial charge in [0.15, 0.2) is 0 Å². The van der Waals surface area contributed by atoms with Crippen LogP contribution in [-0.2, 0) is 4.79 Å². The monoisotopic (exact) mass is 462 g/mol. The minimum atomic E-state index is -0.998. The van der Waals surface area contributed by atoms with Crippen molar-refractivity contribution in [3.63, 3.8) is 0 Å². The fraction of sp³-hybridized carbons (Fsp3) is 0.960. The first kappa shape index (κ1) is 28.5. The van der Waals surface area contributed by atoms with Crippen molar-refractivity contribution in [3.05, 3.63) is 0 Å². The van der Waals surface area contributed by atoms with E-state index in [0.29, 0.717) is 18.3 Å². The van der Waals surface area contributed by atoms with Crippen molar-refractivity contribution in [2.45, 2.75) is 96.9 Å². The number of carboxylic acids is 1. The van der Waals surface area contributed by atoms with Gasteiger partial charge < -0.3 is 30.3 Å². The molecule has 4 rings (SSSR count). The Kier molecular flexibility index (Phi) is 9.75. The summed E-state index contributed by atoms with van der Waals surface area (Å²) in [6.07, 6.45) is 5.72. The average Bonchev–Trinajstić information content (AvgIpc) is 3.08. The molecule has 7 heteroatoms. The Balaban J connectivity index is 0.00000118. The van der Waals surface area contributed by atoms with Crippen LogP contribution in [0.15, 0.2) is 0 Å². The molecule has 0 spiro atoms. The number of aliphatic hydroxyl groups is 4. The van der Waals surface area contributed by atoms with Crippen LogP contribution in [0.3, 0.4) is 0 Å². The molecule has 6 nitrogen and oxygen atoms in total. The van der Waals surface area contributed by atoms with Gasteiger partial charge in [-0.1, -0.05) is 20.8 Å². The Morgan fingerprint density at radius 3 is 2.31 bits per heavy atom. The number of hydrogen-bond donors (Lipinski definition) is 4. The quantitative estimate of drug-likeness (QED) is 0.387. The van der Waals surface area contributed by atoms with Crippen LogP contribution < -0.4 is 34.7 Å². The molecule has 4 N–H and O–H groups in total. The van der Waals surface area contributed by atoms with Crippen molar-refractivity contribution in [1.29, 1.82) is 0 Å². The van der Waals surface area contributed by atoms with Crippen molar-refractivity contribution >= 4 is 5.97 Å². The van der Waals surface area contributed by atoms with Gasteiger partial charge in [-0.3, -0.25) is 0 Å². The van der Waals surface area contributed by atoms with Crippen molar-refractivity contribution in [2.75, 3.05) is 7.11 Å². The Morgan fingerprint density at radius 1 is 1.03 bits per heavy atom. The van der Waals surface area contributed by atoms with Crippen LogP contribution in [0.25, 0.3) is 0 Å². The number of carboxylic acid groups (broad SMARTS) is 1. The Hall–Kier alpha value is 0.310. The fourth-order valence-electron chi connectivity index (χ4n) is 8.68. The second kappa shape index (κ2) is 10.9. The maximum atomic E-state index is 11.5. The number of carbonyl (C=O) groups excluding carboxylic acids is 1. The second-order valence-electron chi connectivity index (χ2n) is 11.4. The fourth-order valence-corrected chi connectivity index (χ4v) is 8.68. The van der Waals surface area contributed by atoms with Gasteiger partial charge >= 0.3 is 29.6 Å². The first-order valence-electron chi connectivity index (χ1n) is 12.3. The maximum absolute atomic E-state index is 11.5. The summed E-state index contributed by atoms with van der Waals surface area (Å²) in [7, 11) is 1.00. The average molecular weight is 463 g/mol. The summed E-state index contributed by atoms with van der Waals surface area (Å²) in [6, 6.07) is 0. The third-order valence-electron chi connectivity index (χ3n) is 10.3. The number of aliphatic hydroxyl groups excluding tert-OH is 4. The van der Waals surface area contributed by atoms with Gasteiger partial charge in [0, 0.05) is 13.1 Å². The van der Waals surface area contributed by atoms with E-state index in [9.17, 15) is 25.2 Å². The van der Waals surface area contributed by atoms with Gasteiger partial charge in [-0.25, -0.2) is 0 Å². The number of fused-ring (bicyclic) bond motifs is 5. The van der Waals surface area contributed by atoms with Gasteiger partial charge in [0.2, 0.25) is 0 Å². The molecule has 0 aromatic rings. The Bertz CT molecular complexity index is 646. The van der Waals surface area contributed by atoms with Gasteiger partial charge in [0.05, 0.1) is 18.3 Å². The maximum Gasteiger partial charge on any atom is 1.00 e. The van der Waals surface area contributed by atoms with Crippen LogP contribution in [-0.4, -0.2) is 51.8 Å². The zero-order valence-electron chi connectivity index (χ0n) is 20.7.